The Hall–Kier alpha value is -2.67. The van der Waals surface area contributed by atoms with Crippen LogP contribution in [0.1, 0.15) is 21.5 Å². The summed E-state index contributed by atoms with van der Waals surface area (Å²) in [6.07, 6.45) is 2.94. The fourth-order valence-corrected chi connectivity index (χ4v) is 2.42. The lowest BCUT2D eigenvalue weighted by Crippen LogP contribution is -2.29. The number of benzene rings is 1. The number of ether oxygens (including phenoxy) is 2. The highest BCUT2D eigenvalue weighted by Crippen LogP contribution is 2.29. The van der Waals surface area contributed by atoms with Gasteiger partial charge in [0.25, 0.3) is 5.91 Å². The van der Waals surface area contributed by atoms with E-state index >= 15 is 0 Å². The summed E-state index contributed by atoms with van der Waals surface area (Å²) in [5.74, 6) is -0.0265. The monoisotopic (exact) mass is 318 g/mol. The van der Waals surface area contributed by atoms with Crippen LogP contribution in [0.4, 0.5) is 4.39 Å². The molecule has 6 nitrogen and oxygen atoms in total. The molecule has 0 unspecified atom stereocenters. The normalized spacial score (nSPS) is 13.1. The van der Waals surface area contributed by atoms with Crippen LogP contribution < -0.4 is 14.8 Å². The maximum absolute atomic E-state index is 13.6. The summed E-state index contributed by atoms with van der Waals surface area (Å²) >= 11 is 0. The number of nitrogens with one attached hydrogen (secondary N) is 1. The first-order valence-corrected chi connectivity index (χ1v) is 7.12. The van der Waals surface area contributed by atoms with Crippen LogP contribution in [0.25, 0.3) is 0 Å². The molecule has 23 heavy (non-hydrogen) atoms. The molecule has 0 saturated heterocycles. The lowest BCUT2D eigenvalue weighted by molar-refractivity contribution is -0.605. The van der Waals surface area contributed by atoms with Gasteiger partial charge in [-0.05, 0) is 24.1 Å². The Morgan fingerprint density at radius 2 is 2.13 bits per heavy atom. The van der Waals surface area contributed by atoms with Gasteiger partial charge in [0.15, 0.2) is 19.2 Å². The Balaban J connectivity index is 1.63. The van der Waals surface area contributed by atoms with Crippen molar-refractivity contribution in [2.45, 2.75) is 13.0 Å². The first-order chi connectivity index (χ1) is 11.1. The maximum atomic E-state index is 13.6. The summed E-state index contributed by atoms with van der Waals surface area (Å²) in [4.78, 5) is 12.0. The molecule has 0 atom stereocenters. The van der Waals surface area contributed by atoms with E-state index in [1.54, 1.807) is 0 Å². The molecule has 0 bridgehead atoms. The van der Waals surface area contributed by atoms with Gasteiger partial charge in [0.1, 0.15) is 11.6 Å². The van der Waals surface area contributed by atoms with Crippen molar-refractivity contribution in [1.82, 2.24) is 5.32 Å². The lowest BCUT2D eigenvalue weighted by Gasteiger charge is -2.21. The molecule has 1 aliphatic rings. The molecule has 1 aliphatic heterocycles. The molecule has 0 fully saturated rings. The fourth-order valence-electron chi connectivity index (χ4n) is 2.42. The number of carbonyl (C=O) groups excluding carboxylic acids is 1. The van der Waals surface area contributed by atoms with Crippen molar-refractivity contribution in [3.05, 3.63) is 64.4 Å². The summed E-state index contributed by atoms with van der Waals surface area (Å²) < 4.78 is 24.8. The van der Waals surface area contributed by atoms with Gasteiger partial charge < -0.3 is 20.0 Å². The van der Waals surface area contributed by atoms with E-state index in [4.69, 9.17) is 9.47 Å². The number of fused-ring (bicyclic) bond motifs is 1. The zero-order chi connectivity index (χ0) is 16.2. The Morgan fingerprint density at radius 1 is 1.35 bits per heavy atom. The molecule has 3 rings (SSSR count). The smallest absolute Gasteiger partial charge is 0.251 e. The molecule has 2 aromatic rings. The number of rotatable bonds is 4. The zero-order valence-electron chi connectivity index (χ0n) is 12.3. The molecule has 0 spiro atoms. The molecule has 1 N–H and O–H groups in total. The van der Waals surface area contributed by atoms with Crippen LogP contribution in [-0.4, -0.2) is 19.2 Å². The van der Waals surface area contributed by atoms with Crippen molar-refractivity contribution in [1.29, 1.82) is 0 Å². The fraction of sp³-hybridized carbons (Fsp3) is 0.250. The van der Waals surface area contributed by atoms with Crippen LogP contribution >= 0.6 is 0 Å². The minimum Gasteiger partial charge on any atom is -0.619 e. The Kier molecular flexibility index (Phi) is 4.38. The van der Waals surface area contributed by atoms with Crippen molar-refractivity contribution in [2.24, 2.45) is 0 Å². The van der Waals surface area contributed by atoms with E-state index in [0.29, 0.717) is 46.7 Å². The minimum atomic E-state index is -0.359. The van der Waals surface area contributed by atoms with Crippen LogP contribution in [0.2, 0.25) is 0 Å². The summed E-state index contributed by atoms with van der Waals surface area (Å²) in [5.41, 5.74) is 1.75. The predicted octanol–water partition coefficient (Wildman–Crippen LogP) is 1.30. The third kappa shape index (κ3) is 3.57. The highest BCUT2D eigenvalue weighted by molar-refractivity contribution is 5.93. The number of hydrogen-bond acceptors (Lipinski definition) is 4. The number of amides is 1. The molecular weight excluding hydrogens is 303 g/mol. The van der Waals surface area contributed by atoms with Gasteiger partial charge in [-0.1, -0.05) is 0 Å². The van der Waals surface area contributed by atoms with Gasteiger partial charge in [0.2, 0.25) is 0 Å². The van der Waals surface area contributed by atoms with E-state index < -0.39 is 0 Å². The molecule has 0 saturated carbocycles. The van der Waals surface area contributed by atoms with Crippen LogP contribution in [-0.2, 0) is 17.8 Å². The maximum Gasteiger partial charge on any atom is 0.251 e. The average molecular weight is 318 g/mol. The molecule has 1 aromatic heterocycles. The van der Waals surface area contributed by atoms with Crippen molar-refractivity contribution in [3.8, 4) is 5.75 Å². The predicted molar refractivity (Wildman–Crippen MR) is 78.1 cm³/mol. The molecule has 0 aliphatic carbocycles. The zero-order valence-corrected chi connectivity index (χ0v) is 12.3. The van der Waals surface area contributed by atoms with E-state index in [1.807, 2.05) is 0 Å². The van der Waals surface area contributed by atoms with Crippen molar-refractivity contribution in [2.75, 3.05) is 13.3 Å². The van der Waals surface area contributed by atoms with Gasteiger partial charge >= 0.3 is 0 Å². The number of aromatic nitrogens is 1. The molecule has 7 heteroatoms. The summed E-state index contributed by atoms with van der Waals surface area (Å²) in [6, 6.07) is 5.66. The molecule has 120 valence electrons. The number of pyridine rings is 1. The second-order valence-electron chi connectivity index (χ2n) is 5.12. The van der Waals surface area contributed by atoms with Gasteiger partial charge in [0, 0.05) is 24.2 Å². The molecule has 2 heterocycles. The van der Waals surface area contributed by atoms with E-state index in [9.17, 15) is 14.4 Å². The van der Waals surface area contributed by atoms with Crippen LogP contribution in [0.5, 0.6) is 5.75 Å². The van der Waals surface area contributed by atoms with Crippen molar-refractivity contribution < 1.29 is 23.4 Å². The number of nitrogens with zero attached hydrogens (tertiary/aromatic N) is 1. The van der Waals surface area contributed by atoms with Gasteiger partial charge in [-0.2, -0.15) is 4.73 Å². The number of carbonyl (C=O) groups is 1. The highest BCUT2D eigenvalue weighted by atomic mass is 19.1. The van der Waals surface area contributed by atoms with Crippen molar-refractivity contribution in [3.63, 3.8) is 0 Å². The summed E-state index contributed by atoms with van der Waals surface area (Å²) in [7, 11) is 0. The SMILES string of the molecule is O=C(NCCc1cc(F)cc2c1OCOC2)c1cc[n+]([O-])cc1. The second-order valence-corrected chi connectivity index (χ2v) is 5.12. The van der Waals surface area contributed by atoms with E-state index in [0.717, 1.165) is 0 Å². The standard InChI is InChI=1S/C16H15FN2O4/c17-14-7-12(15-13(8-14)9-22-10-23-15)1-4-18-16(20)11-2-5-19(21)6-3-11/h2-3,5-8H,1,4,9-10H2,(H,18,20). The largest absolute Gasteiger partial charge is 0.619 e. The average Bonchev–Trinajstić information content (AvgIpc) is 2.55. The van der Waals surface area contributed by atoms with Gasteiger partial charge in [-0.3, -0.25) is 4.79 Å². The van der Waals surface area contributed by atoms with Gasteiger partial charge in [0.05, 0.1) is 12.2 Å². The first-order valence-electron chi connectivity index (χ1n) is 7.12. The molecule has 1 amide bonds. The van der Waals surface area contributed by atoms with Crippen LogP contribution in [0, 0.1) is 11.0 Å². The third-order valence-corrected chi connectivity index (χ3v) is 3.50. The summed E-state index contributed by atoms with van der Waals surface area (Å²) in [5, 5.41) is 13.7. The first kappa shape index (κ1) is 15.2. The topological polar surface area (TPSA) is 74.5 Å². The summed E-state index contributed by atoms with van der Waals surface area (Å²) in [6.45, 7) is 0.772. The van der Waals surface area contributed by atoms with Crippen LogP contribution in [0.15, 0.2) is 36.7 Å². The molecule has 0 radical (unpaired) electrons. The van der Waals surface area contributed by atoms with E-state index in [2.05, 4.69) is 5.32 Å². The highest BCUT2D eigenvalue weighted by Gasteiger charge is 2.17. The lowest BCUT2D eigenvalue weighted by atomic mass is 10.1. The molecule has 1 aromatic carbocycles. The second kappa shape index (κ2) is 6.62. The Bertz CT molecular complexity index is 719. The third-order valence-electron chi connectivity index (χ3n) is 3.50. The minimum absolute atomic E-state index is 0.136. The van der Waals surface area contributed by atoms with Gasteiger partial charge in [-0.15, -0.1) is 0 Å². The van der Waals surface area contributed by atoms with Crippen LogP contribution in [0.3, 0.4) is 0 Å². The Labute approximate surface area is 132 Å². The van der Waals surface area contributed by atoms with Gasteiger partial charge in [-0.25, -0.2) is 4.39 Å². The quantitative estimate of drug-likeness (QED) is 0.681. The number of halogens is 1. The number of hydrogen-bond donors (Lipinski definition) is 1. The molecular formula is C16H15FN2O4. The Morgan fingerprint density at radius 3 is 2.91 bits per heavy atom. The van der Waals surface area contributed by atoms with Crippen molar-refractivity contribution >= 4 is 5.91 Å². The van der Waals surface area contributed by atoms with E-state index in [-0.39, 0.29) is 18.5 Å². The van der Waals surface area contributed by atoms with E-state index in [1.165, 1.54) is 36.7 Å².